The van der Waals surface area contributed by atoms with Gasteiger partial charge in [0.2, 0.25) is 0 Å². The molecule has 0 aromatic rings. The molecule has 0 aromatic carbocycles. The Balaban J connectivity index is 3.66. The van der Waals surface area contributed by atoms with Crippen molar-refractivity contribution in [1.82, 2.24) is 0 Å². The predicted octanol–water partition coefficient (Wildman–Crippen LogP) is -0.923. The Hall–Kier alpha value is -1.27. The van der Waals surface area contributed by atoms with Gasteiger partial charge in [0.1, 0.15) is 0 Å². The largest absolute Gasteiger partial charge is 0.481 e. The molecule has 0 atom stereocenters. The van der Waals surface area contributed by atoms with E-state index in [0.29, 0.717) is 0 Å². The molecule has 0 rings (SSSR count). The molecule has 0 saturated carbocycles. The zero-order valence-corrected chi connectivity index (χ0v) is 9.21. The van der Waals surface area contributed by atoms with Crippen LogP contribution >= 0.6 is 0 Å². The average molecular weight is 274 g/mol. The highest BCUT2D eigenvalue weighted by atomic mass is 32.3. The third-order valence-corrected chi connectivity index (χ3v) is 1.59. The first kappa shape index (κ1) is 15.7. The molecule has 0 heterocycles. The van der Waals surface area contributed by atoms with Gasteiger partial charge in [0, 0.05) is 0 Å². The molecule has 0 aliphatic carbocycles. The number of hydrogen-bond acceptors (Lipinski definition) is 8. The van der Waals surface area contributed by atoms with Gasteiger partial charge in [0.15, 0.2) is 0 Å². The lowest BCUT2D eigenvalue weighted by Crippen LogP contribution is -2.14. The predicted molar refractivity (Wildman–Crippen MR) is 47.5 cm³/mol. The van der Waals surface area contributed by atoms with Crippen LogP contribution in [0.2, 0.25) is 0 Å². The second-order valence-corrected chi connectivity index (χ2v) is 3.56. The molecule has 0 fully saturated rings. The summed E-state index contributed by atoms with van der Waals surface area (Å²) in [4.78, 5) is 28.0. The first-order valence-electron chi connectivity index (χ1n) is 4.14. The molecule has 0 amide bonds. The van der Waals surface area contributed by atoms with Crippen LogP contribution in [0.25, 0.3) is 0 Å². The fourth-order valence-electron chi connectivity index (χ4n) is 0.455. The summed E-state index contributed by atoms with van der Waals surface area (Å²) < 4.78 is 28.9. The van der Waals surface area contributed by atoms with Gasteiger partial charge in [0.05, 0.1) is 26.1 Å². The lowest BCUT2D eigenvalue weighted by Gasteiger charge is -2.03. The minimum Gasteiger partial charge on any atom is -0.481 e. The van der Waals surface area contributed by atoms with Crippen molar-refractivity contribution in [1.29, 1.82) is 0 Å². The molecule has 0 spiro atoms. The molecule has 0 bridgehead atoms. The minimum absolute atomic E-state index is 0.463. The summed E-state index contributed by atoms with van der Waals surface area (Å²) >= 11 is 0. The lowest BCUT2D eigenvalue weighted by molar-refractivity contribution is -0.259. The first-order valence-corrected chi connectivity index (χ1v) is 5.47. The second-order valence-electron chi connectivity index (χ2n) is 2.48. The van der Waals surface area contributed by atoms with E-state index < -0.39 is 48.4 Å². The standard InChI is InChI=1S/C6H10O10S/c7-5(8)1-3-13-15-17(11,12)16-14-4-2-6(9)10/h1-4H2,(H,7,8)(H,9,10). The van der Waals surface area contributed by atoms with Crippen LogP contribution in [-0.4, -0.2) is 43.8 Å². The molecule has 0 radical (unpaired) electrons. The van der Waals surface area contributed by atoms with Gasteiger partial charge < -0.3 is 10.2 Å². The van der Waals surface area contributed by atoms with Gasteiger partial charge >= 0.3 is 22.3 Å². The highest BCUT2D eigenvalue weighted by Gasteiger charge is 2.15. The van der Waals surface area contributed by atoms with Crippen LogP contribution in [0.3, 0.4) is 0 Å². The smallest absolute Gasteiger partial charge is 0.453 e. The summed E-state index contributed by atoms with van der Waals surface area (Å²) in [6.45, 7) is -1.01. The Morgan fingerprint density at radius 1 is 0.882 bits per heavy atom. The highest BCUT2D eigenvalue weighted by Crippen LogP contribution is 1.99. The fraction of sp³-hybridized carbons (Fsp3) is 0.667. The van der Waals surface area contributed by atoms with Crippen LogP contribution in [0.1, 0.15) is 12.8 Å². The molecule has 0 saturated heterocycles. The molecule has 0 aliphatic rings. The molecule has 100 valence electrons. The molecule has 11 heteroatoms. The van der Waals surface area contributed by atoms with E-state index in [2.05, 4.69) is 18.4 Å². The van der Waals surface area contributed by atoms with Gasteiger partial charge in [0.25, 0.3) is 0 Å². The van der Waals surface area contributed by atoms with Crippen molar-refractivity contribution >= 4 is 22.3 Å². The van der Waals surface area contributed by atoms with E-state index in [-0.39, 0.29) is 0 Å². The van der Waals surface area contributed by atoms with Crippen LogP contribution in [0, 0.1) is 0 Å². The van der Waals surface area contributed by atoms with E-state index in [1.807, 2.05) is 0 Å². The molecule has 10 nitrogen and oxygen atoms in total. The number of carbonyl (C=O) groups is 2. The number of carboxylic acid groups (broad SMARTS) is 2. The lowest BCUT2D eigenvalue weighted by atomic mass is 10.5. The van der Waals surface area contributed by atoms with Gasteiger partial charge in [-0.15, -0.1) is 0 Å². The Bertz CT molecular complexity index is 318. The Morgan fingerprint density at radius 2 is 1.24 bits per heavy atom. The zero-order chi connectivity index (χ0) is 13.3. The van der Waals surface area contributed by atoms with Crippen molar-refractivity contribution in [2.24, 2.45) is 0 Å². The molecule has 0 aromatic heterocycles. The molecule has 17 heavy (non-hydrogen) atoms. The van der Waals surface area contributed by atoms with E-state index in [0.717, 1.165) is 0 Å². The Kier molecular flexibility index (Phi) is 7.32. The average Bonchev–Trinajstić information content (AvgIpc) is 2.19. The molecule has 0 aliphatic heterocycles. The van der Waals surface area contributed by atoms with Gasteiger partial charge in [-0.3, -0.25) is 9.59 Å². The van der Waals surface area contributed by atoms with Crippen molar-refractivity contribution in [3.63, 3.8) is 0 Å². The first-order chi connectivity index (χ1) is 7.83. The van der Waals surface area contributed by atoms with Crippen molar-refractivity contribution in [3.05, 3.63) is 0 Å². The summed E-state index contributed by atoms with van der Waals surface area (Å²) in [6.07, 6.45) is -0.926. The zero-order valence-electron chi connectivity index (χ0n) is 8.40. The van der Waals surface area contributed by atoms with Gasteiger partial charge in [-0.1, -0.05) is 8.67 Å². The van der Waals surface area contributed by atoms with Gasteiger partial charge in [-0.25, -0.2) is 9.78 Å². The van der Waals surface area contributed by atoms with Crippen LogP contribution in [0.15, 0.2) is 0 Å². The van der Waals surface area contributed by atoms with Crippen molar-refractivity contribution < 1.29 is 46.7 Å². The SMILES string of the molecule is O=C(O)CCOOS(=O)(=O)OOCCC(=O)O. The molecule has 2 N–H and O–H groups in total. The maximum atomic E-state index is 10.7. The van der Waals surface area contributed by atoms with E-state index in [9.17, 15) is 18.0 Å². The van der Waals surface area contributed by atoms with Crippen molar-refractivity contribution in [2.75, 3.05) is 13.2 Å². The summed E-state index contributed by atoms with van der Waals surface area (Å²) in [5.74, 6) is -2.41. The number of hydrogen-bond donors (Lipinski definition) is 2. The number of aliphatic carboxylic acids is 2. The third-order valence-electron chi connectivity index (χ3n) is 1.06. The summed E-state index contributed by atoms with van der Waals surface area (Å²) in [6, 6.07) is 0. The monoisotopic (exact) mass is 274 g/mol. The molecular weight excluding hydrogens is 264 g/mol. The van der Waals surface area contributed by atoms with E-state index in [4.69, 9.17) is 10.2 Å². The van der Waals surface area contributed by atoms with E-state index in [1.54, 1.807) is 0 Å². The minimum atomic E-state index is -4.61. The van der Waals surface area contributed by atoms with Gasteiger partial charge in [-0.2, -0.15) is 8.42 Å². The van der Waals surface area contributed by atoms with Crippen molar-refractivity contribution in [3.8, 4) is 0 Å². The Labute approximate surface area is 95.8 Å². The van der Waals surface area contributed by atoms with Crippen LogP contribution in [0.5, 0.6) is 0 Å². The maximum Gasteiger partial charge on any atom is 0.453 e. The van der Waals surface area contributed by atoms with Crippen LogP contribution < -0.4 is 0 Å². The highest BCUT2D eigenvalue weighted by molar-refractivity contribution is 7.81. The second kappa shape index (κ2) is 7.92. The van der Waals surface area contributed by atoms with Crippen molar-refractivity contribution in [2.45, 2.75) is 12.8 Å². The quantitative estimate of drug-likeness (QED) is 0.291. The number of carboxylic acids is 2. The normalized spacial score (nSPS) is 11.3. The number of rotatable bonds is 10. The summed E-state index contributed by atoms with van der Waals surface area (Å²) in [5.41, 5.74) is 0. The van der Waals surface area contributed by atoms with Crippen LogP contribution in [0.4, 0.5) is 0 Å². The van der Waals surface area contributed by atoms with Gasteiger partial charge in [-0.05, 0) is 0 Å². The molecule has 0 unspecified atom stereocenters. The fourth-order valence-corrected chi connectivity index (χ4v) is 0.850. The summed E-state index contributed by atoms with van der Waals surface area (Å²) in [5, 5.41) is 16.3. The topological polar surface area (TPSA) is 146 Å². The summed E-state index contributed by atoms with van der Waals surface area (Å²) in [7, 11) is -4.61. The molecular formula is C6H10O10S. The maximum absolute atomic E-state index is 10.7. The van der Waals surface area contributed by atoms with E-state index >= 15 is 0 Å². The van der Waals surface area contributed by atoms with E-state index in [1.165, 1.54) is 0 Å². The Morgan fingerprint density at radius 3 is 1.53 bits per heavy atom. The van der Waals surface area contributed by atoms with Crippen LogP contribution in [-0.2, 0) is 38.4 Å². The third kappa shape index (κ3) is 11.0.